The first kappa shape index (κ1) is 13.7. The molecule has 0 bridgehead atoms. The van der Waals surface area contributed by atoms with Gasteiger partial charge in [0.25, 0.3) is 0 Å². The van der Waals surface area contributed by atoms with Gasteiger partial charge in [0.05, 0.1) is 5.56 Å². The smallest absolute Gasteiger partial charge is 0.373 e. The number of carbonyl (C=O) groups is 3. The number of halogens is 1. The van der Waals surface area contributed by atoms with Gasteiger partial charge in [0, 0.05) is 0 Å². The van der Waals surface area contributed by atoms with Crippen molar-refractivity contribution < 1.29 is 29.3 Å². The molecule has 18 heavy (non-hydrogen) atoms. The number of benzene rings is 1. The van der Waals surface area contributed by atoms with Gasteiger partial charge in [-0.05, 0) is 24.3 Å². The van der Waals surface area contributed by atoms with Crippen LogP contribution in [0.3, 0.4) is 0 Å². The molecule has 0 unspecified atom stereocenters. The molecular formula is C11H7ClO6. The summed E-state index contributed by atoms with van der Waals surface area (Å²) in [5, 5.41) is 16.8. The number of allylic oxidation sites excluding steroid dienone is 1. The Morgan fingerprint density at radius 3 is 2.11 bits per heavy atom. The van der Waals surface area contributed by atoms with Crippen LogP contribution in [0.25, 0.3) is 0 Å². The summed E-state index contributed by atoms with van der Waals surface area (Å²) in [7, 11) is 0. The number of aromatic carboxylic acids is 1. The largest absolute Gasteiger partial charge is 0.478 e. The molecule has 7 heteroatoms. The van der Waals surface area contributed by atoms with Gasteiger partial charge in [-0.1, -0.05) is 11.6 Å². The number of aliphatic carboxylic acids is 1. The van der Waals surface area contributed by atoms with E-state index in [0.717, 1.165) is 0 Å². The van der Waals surface area contributed by atoms with Gasteiger partial charge in [-0.3, -0.25) is 4.79 Å². The van der Waals surface area contributed by atoms with Crippen molar-refractivity contribution in [2.24, 2.45) is 0 Å². The summed E-state index contributed by atoms with van der Waals surface area (Å²) in [6, 6.07) is 4.96. The third-order valence-corrected chi connectivity index (χ3v) is 2.10. The van der Waals surface area contributed by atoms with Gasteiger partial charge in [-0.15, -0.1) is 0 Å². The van der Waals surface area contributed by atoms with Gasteiger partial charge in [-0.25, -0.2) is 9.59 Å². The molecule has 94 valence electrons. The average Bonchev–Trinajstić information content (AvgIpc) is 2.35. The van der Waals surface area contributed by atoms with Gasteiger partial charge < -0.3 is 14.9 Å². The van der Waals surface area contributed by atoms with Crippen LogP contribution in [0.1, 0.15) is 10.4 Å². The predicted molar refractivity (Wildman–Crippen MR) is 60.6 cm³/mol. The number of aldehydes is 1. The topological polar surface area (TPSA) is 101 Å². The van der Waals surface area contributed by atoms with Gasteiger partial charge in [-0.2, -0.15) is 0 Å². The van der Waals surface area contributed by atoms with Crippen LogP contribution in [0.5, 0.6) is 5.75 Å². The zero-order valence-corrected chi connectivity index (χ0v) is 9.55. The molecule has 2 N–H and O–H groups in total. The molecule has 0 saturated carbocycles. The zero-order chi connectivity index (χ0) is 13.7. The molecule has 1 aromatic carbocycles. The zero-order valence-electron chi connectivity index (χ0n) is 8.79. The maximum atomic E-state index is 10.8. The van der Waals surface area contributed by atoms with Crippen LogP contribution in [0, 0.1) is 0 Å². The van der Waals surface area contributed by atoms with Crippen molar-refractivity contribution in [3.8, 4) is 5.75 Å². The van der Waals surface area contributed by atoms with Crippen LogP contribution in [0.15, 0.2) is 35.1 Å². The second kappa shape index (κ2) is 5.83. The van der Waals surface area contributed by atoms with Crippen molar-refractivity contribution in [3.05, 3.63) is 40.6 Å². The molecule has 0 fully saturated rings. The summed E-state index contributed by atoms with van der Waals surface area (Å²) in [4.78, 5) is 31.7. The van der Waals surface area contributed by atoms with Crippen LogP contribution in [0.4, 0.5) is 0 Å². The van der Waals surface area contributed by atoms with Gasteiger partial charge in [0.2, 0.25) is 5.76 Å². The maximum Gasteiger partial charge on any atom is 0.373 e. The number of carboxylic acid groups (broad SMARTS) is 2. The highest BCUT2D eigenvalue weighted by Gasteiger charge is 2.16. The summed E-state index contributed by atoms with van der Waals surface area (Å²) >= 11 is 5.37. The Bertz CT molecular complexity index is 517. The second-order valence-corrected chi connectivity index (χ2v) is 3.44. The van der Waals surface area contributed by atoms with Crippen molar-refractivity contribution >= 4 is 29.8 Å². The fourth-order valence-electron chi connectivity index (χ4n) is 1.03. The minimum absolute atomic E-state index is 0.0182. The first-order valence-electron chi connectivity index (χ1n) is 4.55. The lowest BCUT2D eigenvalue weighted by Gasteiger charge is -2.06. The number of carboxylic acids is 2. The second-order valence-electron chi connectivity index (χ2n) is 3.03. The quantitative estimate of drug-likeness (QED) is 0.478. The monoisotopic (exact) mass is 270 g/mol. The van der Waals surface area contributed by atoms with Crippen molar-refractivity contribution in [3.63, 3.8) is 0 Å². The molecule has 0 aliphatic heterocycles. The molecule has 0 saturated heterocycles. The molecule has 6 nitrogen and oxygen atoms in total. The Morgan fingerprint density at radius 1 is 1.17 bits per heavy atom. The lowest BCUT2D eigenvalue weighted by atomic mass is 10.2. The highest BCUT2D eigenvalue weighted by atomic mass is 35.5. The van der Waals surface area contributed by atoms with E-state index in [4.69, 9.17) is 26.6 Å². The van der Waals surface area contributed by atoms with Crippen LogP contribution < -0.4 is 4.74 Å². The van der Waals surface area contributed by atoms with E-state index in [1.165, 1.54) is 24.3 Å². The molecule has 0 aromatic heterocycles. The Morgan fingerprint density at radius 2 is 1.72 bits per heavy atom. The molecule has 0 amide bonds. The van der Waals surface area contributed by atoms with E-state index < -0.39 is 22.7 Å². The lowest BCUT2D eigenvalue weighted by molar-refractivity contribution is -0.135. The van der Waals surface area contributed by atoms with Gasteiger partial charge in [0.1, 0.15) is 10.8 Å². The number of rotatable bonds is 5. The Hall–Kier alpha value is -2.34. The van der Waals surface area contributed by atoms with Crippen molar-refractivity contribution in [1.82, 2.24) is 0 Å². The summed E-state index contributed by atoms with van der Waals surface area (Å²) in [5.74, 6) is -3.30. The summed E-state index contributed by atoms with van der Waals surface area (Å²) in [6.07, 6.45) is 0.136. The van der Waals surface area contributed by atoms with E-state index in [2.05, 4.69) is 0 Å². The fraction of sp³-hybridized carbons (Fsp3) is 0. The van der Waals surface area contributed by atoms with E-state index in [1.807, 2.05) is 0 Å². The van der Waals surface area contributed by atoms with Gasteiger partial charge in [0.15, 0.2) is 6.29 Å². The summed E-state index contributed by atoms with van der Waals surface area (Å²) in [5.41, 5.74) is 0.0182. The fourth-order valence-corrected chi connectivity index (χ4v) is 1.15. The lowest BCUT2D eigenvalue weighted by Crippen LogP contribution is -2.10. The highest BCUT2D eigenvalue weighted by Crippen LogP contribution is 2.18. The van der Waals surface area contributed by atoms with Crippen molar-refractivity contribution in [2.75, 3.05) is 0 Å². The number of carbonyl (C=O) groups excluding carboxylic acids is 1. The maximum absolute atomic E-state index is 10.8. The highest BCUT2D eigenvalue weighted by molar-refractivity contribution is 6.40. The number of hydrogen-bond donors (Lipinski definition) is 2. The molecule has 0 spiro atoms. The number of hydrogen-bond acceptors (Lipinski definition) is 4. The van der Waals surface area contributed by atoms with E-state index in [9.17, 15) is 14.4 Å². The molecule has 0 atom stereocenters. The standard InChI is InChI=1S/C11H7ClO6/c12-8(5-13)9(11(16)17)18-7-3-1-6(2-4-7)10(14)15/h1-5H,(H,14,15)(H,16,17)/b9-8-. The Labute approximate surface area is 106 Å². The molecular weight excluding hydrogens is 264 g/mol. The molecule has 1 rings (SSSR count). The first-order valence-corrected chi connectivity index (χ1v) is 4.93. The molecule has 0 radical (unpaired) electrons. The van der Waals surface area contributed by atoms with Crippen LogP contribution >= 0.6 is 11.6 Å². The van der Waals surface area contributed by atoms with Crippen LogP contribution in [-0.2, 0) is 9.59 Å². The molecule has 0 heterocycles. The first-order chi connectivity index (χ1) is 8.45. The summed E-state index contributed by atoms with van der Waals surface area (Å²) in [6.45, 7) is 0. The van der Waals surface area contributed by atoms with Crippen molar-refractivity contribution in [2.45, 2.75) is 0 Å². The third-order valence-electron chi connectivity index (χ3n) is 1.84. The number of ether oxygens (including phenoxy) is 1. The van der Waals surface area contributed by atoms with E-state index >= 15 is 0 Å². The van der Waals surface area contributed by atoms with Crippen LogP contribution in [-0.4, -0.2) is 28.4 Å². The normalized spacial score (nSPS) is 11.4. The molecule has 0 aliphatic carbocycles. The van der Waals surface area contributed by atoms with E-state index in [-0.39, 0.29) is 17.6 Å². The SMILES string of the molecule is O=C/C(Cl)=C(/Oc1ccc(C(=O)O)cc1)C(=O)O. The third kappa shape index (κ3) is 3.33. The van der Waals surface area contributed by atoms with E-state index in [0.29, 0.717) is 0 Å². The predicted octanol–water partition coefficient (Wildman–Crippen LogP) is 1.50. The Kier molecular flexibility index (Phi) is 4.45. The Balaban J connectivity index is 2.99. The van der Waals surface area contributed by atoms with E-state index in [1.54, 1.807) is 0 Å². The average molecular weight is 271 g/mol. The summed E-state index contributed by atoms with van der Waals surface area (Å²) < 4.78 is 4.89. The minimum Gasteiger partial charge on any atom is -0.478 e. The molecule has 0 aliphatic rings. The van der Waals surface area contributed by atoms with Crippen molar-refractivity contribution in [1.29, 1.82) is 0 Å². The molecule has 1 aromatic rings. The van der Waals surface area contributed by atoms with Crippen LogP contribution in [0.2, 0.25) is 0 Å². The van der Waals surface area contributed by atoms with Gasteiger partial charge >= 0.3 is 11.9 Å². The minimum atomic E-state index is -1.51.